The van der Waals surface area contributed by atoms with E-state index in [0.717, 1.165) is 12.5 Å². The number of hydrogen-bond acceptors (Lipinski definition) is 3. The van der Waals surface area contributed by atoms with E-state index in [1.807, 2.05) is 0 Å². The van der Waals surface area contributed by atoms with Crippen molar-refractivity contribution in [2.24, 2.45) is 13.0 Å². The Morgan fingerprint density at radius 2 is 2.21 bits per heavy atom. The van der Waals surface area contributed by atoms with Gasteiger partial charge in [0.1, 0.15) is 0 Å². The monoisotopic (exact) mass is 349 g/mol. The summed E-state index contributed by atoms with van der Waals surface area (Å²) in [6.45, 7) is 1.21. The highest BCUT2D eigenvalue weighted by molar-refractivity contribution is 9.10. The number of anilines is 1. The number of hydrogen-bond donors (Lipinski definition) is 2. The molecule has 1 aromatic heterocycles. The minimum absolute atomic E-state index is 0. The van der Waals surface area contributed by atoms with Crippen LogP contribution in [-0.4, -0.2) is 23.6 Å². The third-order valence-corrected chi connectivity index (χ3v) is 3.41. The van der Waals surface area contributed by atoms with Gasteiger partial charge in [0, 0.05) is 13.2 Å². The maximum atomic E-state index is 11.6. The number of carbonyl (C=O) groups excluding carboxylic acids is 1. The molecule has 1 heterocycles. The Morgan fingerprint density at radius 3 is 2.79 bits per heavy atom. The van der Waals surface area contributed by atoms with E-state index in [1.54, 1.807) is 19.3 Å². The van der Waals surface area contributed by atoms with Crippen LogP contribution >= 0.6 is 28.3 Å². The average Bonchev–Trinajstić information content (AvgIpc) is 3.09. The summed E-state index contributed by atoms with van der Waals surface area (Å²) in [7, 11) is 1.65. The van der Waals surface area contributed by atoms with E-state index in [0.29, 0.717) is 16.7 Å². The first-order valence-corrected chi connectivity index (χ1v) is 6.72. The fraction of sp³-hybridized carbons (Fsp3) is 0.500. The zero-order valence-corrected chi connectivity index (χ0v) is 13.0. The topological polar surface area (TPSA) is 63.1 Å². The Kier molecular flexibility index (Phi) is 6.03. The lowest BCUT2D eigenvalue weighted by molar-refractivity contribution is -0.115. The number of pyridine rings is 1. The predicted molar refractivity (Wildman–Crippen MR) is 80.9 cm³/mol. The van der Waals surface area contributed by atoms with Gasteiger partial charge < -0.3 is 15.2 Å². The maximum Gasteiger partial charge on any atom is 0.264 e. The van der Waals surface area contributed by atoms with Crippen molar-refractivity contribution in [3.05, 3.63) is 27.1 Å². The van der Waals surface area contributed by atoms with E-state index < -0.39 is 0 Å². The highest BCUT2D eigenvalue weighted by atomic mass is 79.9. The molecule has 19 heavy (non-hydrogen) atoms. The van der Waals surface area contributed by atoms with Gasteiger partial charge in [-0.1, -0.05) is 0 Å². The van der Waals surface area contributed by atoms with E-state index in [1.165, 1.54) is 17.4 Å². The highest BCUT2D eigenvalue weighted by Gasteiger charge is 2.20. The van der Waals surface area contributed by atoms with Crippen molar-refractivity contribution in [2.45, 2.75) is 12.8 Å². The molecule has 1 aromatic rings. The van der Waals surface area contributed by atoms with Crippen molar-refractivity contribution in [1.29, 1.82) is 0 Å². The van der Waals surface area contributed by atoms with Crippen LogP contribution in [-0.2, 0) is 11.8 Å². The van der Waals surface area contributed by atoms with E-state index in [-0.39, 0.29) is 23.9 Å². The lowest BCUT2D eigenvalue weighted by Crippen LogP contribution is -2.30. The summed E-state index contributed by atoms with van der Waals surface area (Å²) in [5.41, 5.74) is 0.488. The first kappa shape index (κ1) is 16.2. The summed E-state index contributed by atoms with van der Waals surface area (Å²) >= 11 is 3.17. The quantitative estimate of drug-likeness (QED) is 0.846. The smallest absolute Gasteiger partial charge is 0.264 e. The van der Waals surface area contributed by atoms with Crippen LogP contribution in [0.15, 0.2) is 21.5 Å². The third-order valence-electron chi connectivity index (χ3n) is 2.84. The molecule has 1 saturated carbocycles. The van der Waals surface area contributed by atoms with E-state index >= 15 is 0 Å². The third kappa shape index (κ3) is 4.97. The van der Waals surface area contributed by atoms with Crippen LogP contribution < -0.4 is 16.2 Å². The Bertz CT molecular complexity index is 488. The summed E-state index contributed by atoms with van der Waals surface area (Å²) in [5, 5.41) is 5.87. The SMILES string of the molecule is Cl.Cn1cc(NC(=O)CNCC2CC2)cc(Br)c1=O. The van der Waals surface area contributed by atoms with Gasteiger partial charge in [0.05, 0.1) is 16.7 Å². The van der Waals surface area contributed by atoms with Gasteiger partial charge in [-0.25, -0.2) is 0 Å². The molecule has 1 amide bonds. The van der Waals surface area contributed by atoms with Crippen LogP contribution in [0.25, 0.3) is 0 Å². The molecular weight excluding hydrogens is 334 g/mol. The van der Waals surface area contributed by atoms with Crippen LogP contribution in [0, 0.1) is 5.92 Å². The molecule has 5 nitrogen and oxygen atoms in total. The van der Waals surface area contributed by atoms with Crippen LogP contribution in [0.4, 0.5) is 5.69 Å². The Balaban J connectivity index is 0.00000180. The molecule has 0 unspecified atom stereocenters. The molecule has 0 aliphatic heterocycles. The van der Waals surface area contributed by atoms with E-state index in [2.05, 4.69) is 26.6 Å². The average molecular weight is 351 g/mol. The fourth-order valence-corrected chi connectivity index (χ4v) is 2.18. The van der Waals surface area contributed by atoms with Gasteiger partial charge in [-0.05, 0) is 47.3 Å². The molecule has 106 valence electrons. The molecule has 0 saturated heterocycles. The normalized spacial score (nSPS) is 13.8. The summed E-state index contributed by atoms with van der Waals surface area (Å²) in [4.78, 5) is 23.1. The van der Waals surface area contributed by atoms with Crippen molar-refractivity contribution >= 4 is 39.9 Å². The van der Waals surface area contributed by atoms with Gasteiger partial charge in [-0.2, -0.15) is 0 Å². The molecule has 0 bridgehead atoms. The van der Waals surface area contributed by atoms with Crippen LogP contribution in [0.1, 0.15) is 12.8 Å². The lowest BCUT2D eigenvalue weighted by atomic mass is 10.4. The van der Waals surface area contributed by atoms with Gasteiger partial charge in [0.2, 0.25) is 5.91 Å². The zero-order valence-electron chi connectivity index (χ0n) is 10.6. The number of aromatic nitrogens is 1. The van der Waals surface area contributed by atoms with Gasteiger partial charge in [-0.3, -0.25) is 9.59 Å². The molecule has 2 N–H and O–H groups in total. The number of amides is 1. The number of carbonyl (C=O) groups is 1. The Hall–Kier alpha value is -0.850. The molecule has 0 atom stereocenters. The van der Waals surface area contributed by atoms with Crippen LogP contribution in [0.3, 0.4) is 0 Å². The second-order valence-electron chi connectivity index (χ2n) is 4.62. The van der Waals surface area contributed by atoms with Crippen molar-refractivity contribution in [2.75, 3.05) is 18.4 Å². The van der Waals surface area contributed by atoms with E-state index in [4.69, 9.17) is 0 Å². The first-order chi connectivity index (χ1) is 8.56. The number of nitrogens with zero attached hydrogens (tertiary/aromatic N) is 1. The summed E-state index contributed by atoms with van der Waals surface area (Å²) in [6.07, 6.45) is 4.14. The van der Waals surface area contributed by atoms with Crippen molar-refractivity contribution in [1.82, 2.24) is 9.88 Å². The number of nitrogens with one attached hydrogen (secondary N) is 2. The molecule has 7 heteroatoms. The Morgan fingerprint density at radius 1 is 1.53 bits per heavy atom. The first-order valence-electron chi connectivity index (χ1n) is 5.93. The van der Waals surface area contributed by atoms with Crippen LogP contribution in [0.5, 0.6) is 0 Å². The maximum absolute atomic E-state index is 11.6. The standard InChI is InChI=1S/C12H16BrN3O2.ClH/c1-16-7-9(4-10(13)12(16)18)15-11(17)6-14-5-8-2-3-8;/h4,7-8,14H,2-3,5-6H2,1H3,(H,15,17);1H. The zero-order chi connectivity index (χ0) is 13.1. The Labute approximate surface area is 126 Å². The largest absolute Gasteiger partial charge is 0.324 e. The second kappa shape index (κ2) is 7.07. The van der Waals surface area contributed by atoms with Crippen molar-refractivity contribution < 1.29 is 4.79 Å². The molecule has 0 spiro atoms. The predicted octanol–water partition coefficient (Wildman–Crippen LogP) is 1.51. The summed E-state index contributed by atoms with van der Waals surface area (Å²) in [5.74, 6) is 0.658. The summed E-state index contributed by atoms with van der Waals surface area (Å²) < 4.78 is 1.87. The highest BCUT2D eigenvalue weighted by Crippen LogP contribution is 2.27. The number of halogens is 2. The second-order valence-corrected chi connectivity index (χ2v) is 5.47. The minimum Gasteiger partial charge on any atom is -0.324 e. The fourth-order valence-electron chi connectivity index (χ4n) is 1.66. The molecule has 1 aliphatic rings. The van der Waals surface area contributed by atoms with Gasteiger partial charge in [0.25, 0.3) is 5.56 Å². The molecular formula is C12H17BrClN3O2. The van der Waals surface area contributed by atoms with E-state index in [9.17, 15) is 9.59 Å². The molecule has 0 radical (unpaired) electrons. The molecule has 1 fully saturated rings. The molecule has 0 aromatic carbocycles. The summed E-state index contributed by atoms with van der Waals surface area (Å²) in [6, 6.07) is 1.61. The van der Waals surface area contributed by atoms with Crippen LogP contribution in [0.2, 0.25) is 0 Å². The lowest BCUT2D eigenvalue weighted by Gasteiger charge is -2.08. The van der Waals surface area contributed by atoms with Crippen molar-refractivity contribution in [3.8, 4) is 0 Å². The van der Waals surface area contributed by atoms with Gasteiger partial charge in [0.15, 0.2) is 0 Å². The molecule has 1 aliphatic carbocycles. The minimum atomic E-state index is -0.125. The number of rotatable bonds is 5. The van der Waals surface area contributed by atoms with Gasteiger partial charge >= 0.3 is 0 Å². The van der Waals surface area contributed by atoms with Gasteiger partial charge in [-0.15, -0.1) is 12.4 Å². The molecule has 2 rings (SSSR count). The van der Waals surface area contributed by atoms with Crippen molar-refractivity contribution in [3.63, 3.8) is 0 Å². The number of aryl methyl sites for hydroxylation is 1.